The van der Waals surface area contributed by atoms with Crippen molar-refractivity contribution in [2.24, 2.45) is 5.41 Å². The smallest absolute Gasteiger partial charge is 0.222 e. The number of carbonyl (C=O) groups is 1. The van der Waals surface area contributed by atoms with Crippen LogP contribution >= 0.6 is 0 Å². The average Bonchev–Trinajstić information content (AvgIpc) is 3.43. The molecule has 2 aromatic carbocycles. The Morgan fingerprint density at radius 1 is 1.15 bits per heavy atom. The van der Waals surface area contributed by atoms with E-state index in [-0.39, 0.29) is 17.4 Å². The highest BCUT2D eigenvalue weighted by Crippen LogP contribution is 2.36. The minimum absolute atomic E-state index is 0.0675. The van der Waals surface area contributed by atoms with Gasteiger partial charge in [-0.1, -0.05) is 51.8 Å². The van der Waals surface area contributed by atoms with Gasteiger partial charge in [0.1, 0.15) is 11.5 Å². The second-order valence-corrected chi connectivity index (χ2v) is 10.8. The van der Waals surface area contributed by atoms with E-state index < -0.39 is 0 Å². The molecule has 6 heteroatoms. The summed E-state index contributed by atoms with van der Waals surface area (Å²) in [5.41, 5.74) is 8.31. The van der Waals surface area contributed by atoms with Crippen LogP contribution in [0.15, 0.2) is 48.5 Å². The van der Waals surface area contributed by atoms with Gasteiger partial charge in [-0.2, -0.15) is 0 Å². The second kappa shape index (κ2) is 10.1. The van der Waals surface area contributed by atoms with Crippen molar-refractivity contribution in [1.82, 2.24) is 14.5 Å². The first-order valence-corrected chi connectivity index (χ1v) is 12.5. The van der Waals surface area contributed by atoms with Crippen molar-refractivity contribution in [3.05, 3.63) is 48.5 Å². The van der Waals surface area contributed by atoms with Crippen molar-refractivity contribution < 1.29 is 9.53 Å². The highest BCUT2D eigenvalue weighted by molar-refractivity contribution is 5.80. The maximum atomic E-state index is 13.0. The molecule has 1 aliphatic carbocycles. The van der Waals surface area contributed by atoms with E-state index in [1.807, 2.05) is 60.5 Å². The van der Waals surface area contributed by atoms with Gasteiger partial charge in [-0.25, -0.2) is 4.98 Å². The van der Waals surface area contributed by atoms with Crippen LogP contribution in [0.25, 0.3) is 11.0 Å². The number of anilines is 1. The molecular weight excluding hydrogens is 424 g/mol. The minimum atomic E-state index is 0.0675. The molecule has 0 aliphatic heterocycles. The van der Waals surface area contributed by atoms with Crippen LogP contribution in [0, 0.1) is 5.41 Å². The van der Waals surface area contributed by atoms with E-state index in [9.17, 15) is 4.79 Å². The predicted molar refractivity (Wildman–Crippen MR) is 138 cm³/mol. The molecule has 1 atom stereocenters. The van der Waals surface area contributed by atoms with Gasteiger partial charge >= 0.3 is 0 Å². The Kier molecular flexibility index (Phi) is 7.15. The zero-order valence-electron chi connectivity index (χ0n) is 21.0. The van der Waals surface area contributed by atoms with Crippen LogP contribution in [0.1, 0.15) is 71.8 Å². The van der Waals surface area contributed by atoms with Crippen LogP contribution in [0.5, 0.6) is 11.5 Å². The van der Waals surface area contributed by atoms with E-state index in [1.54, 1.807) is 0 Å². The number of carbonyl (C=O) groups excluding carboxylic acids is 1. The zero-order chi connectivity index (χ0) is 24.3. The molecule has 1 amide bonds. The minimum Gasteiger partial charge on any atom is -0.457 e. The lowest BCUT2D eigenvalue weighted by Crippen LogP contribution is -2.35. The molecule has 182 valence electrons. The molecule has 1 fully saturated rings. The number of para-hydroxylation sites is 1. The van der Waals surface area contributed by atoms with Crippen molar-refractivity contribution in [1.29, 1.82) is 0 Å². The molecule has 3 aromatic rings. The molecule has 0 saturated heterocycles. The number of hydrogen-bond acceptors (Lipinski definition) is 4. The quantitative estimate of drug-likeness (QED) is 0.411. The maximum Gasteiger partial charge on any atom is 0.222 e. The molecule has 0 spiro atoms. The number of amides is 1. The second-order valence-electron chi connectivity index (χ2n) is 10.8. The number of hydrogen-bond donors (Lipinski definition) is 1. The number of ether oxygens (including phenoxy) is 1. The Morgan fingerprint density at radius 2 is 1.85 bits per heavy atom. The molecule has 34 heavy (non-hydrogen) atoms. The van der Waals surface area contributed by atoms with Crippen LogP contribution in [-0.4, -0.2) is 33.4 Å². The molecule has 4 rings (SSSR count). The van der Waals surface area contributed by atoms with Crippen molar-refractivity contribution in [2.75, 3.05) is 12.8 Å². The first-order valence-electron chi connectivity index (χ1n) is 12.5. The third-order valence-corrected chi connectivity index (χ3v) is 6.84. The summed E-state index contributed by atoms with van der Waals surface area (Å²) in [6.45, 7) is 6.68. The van der Waals surface area contributed by atoms with Crippen LogP contribution in [0.4, 0.5) is 5.95 Å². The number of nitrogens with two attached hydrogens (primary N) is 1. The van der Waals surface area contributed by atoms with Crippen molar-refractivity contribution in [3.63, 3.8) is 0 Å². The van der Waals surface area contributed by atoms with E-state index in [4.69, 9.17) is 10.5 Å². The summed E-state index contributed by atoms with van der Waals surface area (Å²) in [5.74, 6) is 2.23. The molecule has 2 N–H and O–H groups in total. The molecule has 0 radical (unpaired) electrons. The molecule has 0 unspecified atom stereocenters. The molecule has 1 heterocycles. The predicted octanol–water partition coefficient (Wildman–Crippen LogP) is 6.57. The average molecular weight is 463 g/mol. The van der Waals surface area contributed by atoms with Gasteiger partial charge in [0.25, 0.3) is 0 Å². The monoisotopic (exact) mass is 462 g/mol. The lowest BCUT2D eigenvalue weighted by Gasteiger charge is -2.30. The van der Waals surface area contributed by atoms with Gasteiger partial charge in [0, 0.05) is 31.6 Å². The summed E-state index contributed by atoms with van der Waals surface area (Å²) >= 11 is 0. The number of rotatable bonds is 8. The van der Waals surface area contributed by atoms with E-state index in [1.165, 1.54) is 12.8 Å². The molecule has 1 saturated carbocycles. The highest BCUT2D eigenvalue weighted by atomic mass is 16.5. The van der Waals surface area contributed by atoms with E-state index in [2.05, 4.69) is 30.3 Å². The molecule has 1 aromatic heterocycles. The molecule has 0 bridgehead atoms. The van der Waals surface area contributed by atoms with Crippen molar-refractivity contribution in [3.8, 4) is 11.5 Å². The zero-order valence-corrected chi connectivity index (χ0v) is 21.0. The lowest BCUT2D eigenvalue weighted by molar-refractivity contribution is -0.132. The fourth-order valence-corrected chi connectivity index (χ4v) is 5.15. The van der Waals surface area contributed by atoms with Gasteiger partial charge < -0.3 is 19.9 Å². The molecule has 1 aliphatic rings. The number of imidazole rings is 1. The number of fused-ring (bicyclic) bond motifs is 1. The number of nitrogen functional groups attached to an aromatic ring is 1. The summed E-state index contributed by atoms with van der Waals surface area (Å²) in [5, 5.41) is 0. The Hall–Kier alpha value is -3.02. The SMILES string of the molecule is CN(C(=O)CC[C@@H](CC(C)(C)C)n1c(N)nc2ccc(Oc3ccccc3)cc21)C1CCCC1. The number of aromatic nitrogens is 2. The first kappa shape index (κ1) is 24.1. The Morgan fingerprint density at radius 3 is 2.53 bits per heavy atom. The maximum absolute atomic E-state index is 13.0. The Balaban J connectivity index is 1.60. The fraction of sp³-hybridized carbons (Fsp3) is 0.500. The van der Waals surface area contributed by atoms with E-state index in [0.29, 0.717) is 18.4 Å². The summed E-state index contributed by atoms with van der Waals surface area (Å²) in [7, 11) is 1.96. The van der Waals surface area contributed by atoms with Crippen LogP contribution in [0.2, 0.25) is 0 Å². The van der Waals surface area contributed by atoms with E-state index >= 15 is 0 Å². The summed E-state index contributed by atoms with van der Waals surface area (Å²) < 4.78 is 8.19. The van der Waals surface area contributed by atoms with Gasteiger partial charge in [0.2, 0.25) is 11.9 Å². The number of benzene rings is 2. The number of nitrogens with zero attached hydrogens (tertiary/aromatic N) is 3. The Labute approximate surface area is 203 Å². The summed E-state index contributed by atoms with van der Waals surface area (Å²) in [6.07, 6.45) is 6.82. The molecule has 6 nitrogen and oxygen atoms in total. The van der Waals surface area contributed by atoms with Crippen LogP contribution in [0.3, 0.4) is 0 Å². The van der Waals surface area contributed by atoms with Crippen molar-refractivity contribution >= 4 is 22.9 Å². The third-order valence-electron chi connectivity index (χ3n) is 6.84. The highest BCUT2D eigenvalue weighted by Gasteiger charge is 2.27. The molecular formula is C28H38N4O2. The van der Waals surface area contributed by atoms with Gasteiger partial charge in [-0.15, -0.1) is 0 Å². The van der Waals surface area contributed by atoms with Crippen LogP contribution < -0.4 is 10.5 Å². The standard InChI is InChI=1S/C28H38N4O2/c1-28(2,3)19-21(14-17-26(33)31(4)20-10-8-9-11-20)32-25-18-23(15-16-24(25)30-27(32)29)34-22-12-6-5-7-13-22/h5-7,12-13,15-16,18,20-21H,8-11,14,17,19H2,1-4H3,(H2,29,30)/t21-/m0/s1. The van der Waals surface area contributed by atoms with Gasteiger partial charge in [-0.05, 0) is 55.4 Å². The Bertz CT molecular complexity index is 1110. The first-order chi connectivity index (χ1) is 16.2. The van der Waals surface area contributed by atoms with Crippen molar-refractivity contribution in [2.45, 2.75) is 77.8 Å². The largest absolute Gasteiger partial charge is 0.457 e. The topological polar surface area (TPSA) is 73.4 Å². The lowest BCUT2D eigenvalue weighted by atomic mass is 9.86. The fourth-order valence-electron chi connectivity index (χ4n) is 5.15. The third kappa shape index (κ3) is 5.72. The van der Waals surface area contributed by atoms with Crippen LogP contribution in [-0.2, 0) is 4.79 Å². The summed E-state index contributed by atoms with van der Waals surface area (Å²) in [6, 6.07) is 16.1. The van der Waals surface area contributed by atoms with Gasteiger partial charge in [-0.3, -0.25) is 4.79 Å². The normalized spacial score (nSPS) is 15.5. The van der Waals surface area contributed by atoms with Gasteiger partial charge in [0.15, 0.2) is 0 Å². The van der Waals surface area contributed by atoms with E-state index in [0.717, 1.165) is 48.2 Å². The van der Waals surface area contributed by atoms with Gasteiger partial charge in [0.05, 0.1) is 11.0 Å². The summed E-state index contributed by atoms with van der Waals surface area (Å²) in [4.78, 5) is 19.6.